The molecule has 2 N–H and O–H groups in total. The van der Waals surface area contributed by atoms with Crippen molar-refractivity contribution in [2.75, 3.05) is 0 Å². The van der Waals surface area contributed by atoms with Crippen molar-refractivity contribution in [3.05, 3.63) is 45.8 Å². The van der Waals surface area contributed by atoms with Gasteiger partial charge in [0.1, 0.15) is 0 Å². The number of nitrogens with one attached hydrogen (secondary N) is 1. The van der Waals surface area contributed by atoms with Gasteiger partial charge in [-0.2, -0.15) is 0 Å². The molecule has 0 saturated heterocycles. The van der Waals surface area contributed by atoms with E-state index in [9.17, 15) is 9.90 Å². The summed E-state index contributed by atoms with van der Waals surface area (Å²) >= 11 is 5.78. The summed E-state index contributed by atoms with van der Waals surface area (Å²) in [5.74, 6) is -0.824. The Morgan fingerprint density at radius 3 is 2.60 bits per heavy atom. The molecule has 5 heteroatoms. The number of aromatic carboxylic acids is 1. The molecule has 134 valence electrons. The second-order valence-corrected chi connectivity index (χ2v) is 9.65. The van der Waals surface area contributed by atoms with Gasteiger partial charge in [0.25, 0.3) is 0 Å². The van der Waals surface area contributed by atoms with Gasteiger partial charge in [-0.3, -0.25) is 4.72 Å². The Kier molecular flexibility index (Phi) is 4.77. The molecule has 0 amide bonds. The molecule has 0 atom stereocenters. The largest absolute Gasteiger partial charge is 0.478 e. The van der Waals surface area contributed by atoms with Gasteiger partial charge in [-0.1, -0.05) is 64.8 Å². The van der Waals surface area contributed by atoms with Crippen LogP contribution >= 0.6 is 24.2 Å². The van der Waals surface area contributed by atoms with Gasteiger partial charge in [0.2, 0.25) is 0 Å². The van der Waals surface area contributed by atoms with Gasteiger partial charge < -0.3 is 5.11 Å². The molecule has 3 nitrogen and oxygen atoms in total. The maximum Gasteiger partial charge on any atom is 0.337 e. The second-order valence-electron chi connectivity index (χ2n) is 8.31. The van der Waals surface area contributed by atoms with Crippen molar-refractivity contribution < 1.29 is 9.90 Å². The van der Waals surface area contributed by atoms with E-state index in [1.54, 1.807) is 11.3 Å². The lowest BCUT2D eigenvalue weighted by Crippen LogP contribution is -2.34. The van der Waals surface area contributed by atoms with Crippen LogP contribution in [0.4, 0.5) is 0 Å². The number of thiol groups is 1. The summed E-state index contributed by atoms with van der Waals surface area (Å²) in [5.41, 5.74) is 3.67. The highest BCUT2D eigenvalue weighted by molar-refractivity contribution is 7.78. The molecular formula is C20H25NO2S2. The second kappa shape index (κ2) is 6.45. The first-order valence-corrected chi connectivity index (χ1v) is 9.77. The maximum atomic E-state index is 12.2. The summed E-state index contributed by atoms with van der Waals surface area (Å²) in [6.45, 7) is 9.54. The third-order valence-corrected chi connectivity index (χ3v) is 6.73. The van der Waals surface area contributed by atoms with Gasteiger partial charge in [0, 0.05) is 16.3 Å². The minimum atomic E-state index is -0.824. The Morgan fingerprint density at radius 2 is 1.96 bits per heavy atom. The van der Waals surface area contributed by atoms with Crippen molar-refractivity contribution in [2.45, 2.75) is 52.5 Å². The van der Waals surface area contributed by atoms with Gasteiger partial charge in [-0.15, -0.1) is 11.3 Å². The van der Waals surface area contributed by atoms with Crippen LogP contribution in [0.5, 0.6) is 0 Å². The molecule has 0 radical (unpaired) electrons. The average Bonchev–Trinajstić information content (AvgIpc) is 2.86. The standard InChI is InChI=1S/C20H25NO2S2/c1-19(2)9-14-15(18(22)23)16(25-17(14)20(3,4)11-19)13-8-6-5-7-12(13)10-21-24/h5-8,21,24H,9-11H2,1-4H3,(H,22,23). The fourth-order valence-electron chi connectivity index (χ4n) is 4.40. The molecule has 0 saturated carbocycles. The Bertz CT molecular complexity index is 821. The van der Waals surface area contributed by atoms with E-state index in [1.165, 1.54) is 4.88 Å². The van der Waals surface area contributed by atoms with E-state index in [1.807, 2.05) is 24.3 Å². The number of fused-ring (bicyclic) bond motifs is 1. The Morgan fingerprint density at radius 1 is 1.28 bits per heavy atom. The summed E-state index contributed by atoms with van der Waals surface area (Å²) in [6.07, 6.45) is 1.88. The number of carbonyl (C=O) groups is 1. The van der Waals surface area contributed by atoms with E-state index in [4.69, 9.17) is 0 Å². The Balaban J connectivity index is 2.28. The van der Waals surface area contributed by atoms with Gasteiger partial charge in [-0.05, 0) is 40.4 Å². The Labute approximate surface area is 159 Å². The lowest BCUT2D eigenvalue weighted by molar-refractivity contribution is 0.0695. The Hall–Kier alpha value is -1.30. The van der Waals surface area contributed by atoms with Crippen molar-refractivity contribution in [3.8, 4) is 10.4 Å². The number of carboxylic acid groups (broad SMARTS) is 1. The van der Waals surface area contributed by atoms with E-state index in [0.717, 1.165) is 34.4 Å². The van der Waals surface area contributed by atoms with Crippen molar-refractivity contribution in [3.63, 3.8) is 0 Å². The first-order valence-electron chi connectivity index (χ1n) is 8.51. The lowest BCUT2D eigenvalue weighted by Gasteiger charge is -2.40. The van der Waals surface area contributed by atoms with Gasteiger partial charge >= 0.3 is 5.97 Å². The van der Waals surface area contributed by atoms with Gasteiger partial charge in [-0.25, -0.2) is 4.79 Å². The van der Waals surface area contributed by atoms with E-state index in [-0.39, 0.29) is 10.8 Å². The zero-order valence-electron chi connectivity index (χ0n) is 15.1. The minimum absolute atomic E-state index is 0.0130. The molecular weight excluding hydrogens is 350 g/mol. The minimum Gasteiger partial charge on any atom is -0.478 e. The lowest BCUT2D eigenvalue weighted by atomic mass is 9.65. The number of thiophene rings is 1. The summed E-state index contributed by atoms with van der Waals surface area (Å²) in [7, 11) is 0. The average molecular weight is 376 g/mol. The van der Waals surface area contributed by atoms with Crippen LogP contribution in [-0.4, -0.2) is 11.1 Å². The molecule has 25 heavy (non-hydrogen) atoms. The highest BCUT2D eigenvalue weighted by Crippen LogP contribution is 2.52. The van der Waals surface area contributed by atoms with Crippen molar-refractivity contribution in [1.29, 1.82) is 0 Å². The van der Waals surface area contributed by atoms with Gasteiger partial charge in [0.15, 0.2) is 0 Å². The van der Waals surface area contributed by atoms with Crippen molar-refractivity contribution in [1.82, 2.24) is 4.72 Å². The topological polar surface area (TPSA) is 49.3 Å². The summed E-state index contributed by atoms with van der Waals surface area (Å²) in [4.78, 5) is 14.3. The number of hydrogen-bond acceptors (Lipinski definition) is 4. The van der Waals surface area contributed by atoms with E-state index >= 15 is 0 Å². The third-order valence-electron chi connectivity index (χ3n) is 4.94. The molecule has 1 aromatic heterocycles. The quantitative estimate of drug-likeness (QED) is 0.636. The number of hydrogen-bond donors (Lipinski definition) is 3. The van der Waals surface area contributed by atoms with Crippen LogP contribution in [0.25, 0.3) is 10.4 Å². The van der Waals surface area contributed by atoms with Crippen molar-refractivity contribution >= 4 is 30.1 Å². The monoisotopic (exact) mass is 375 g/mol. The molecule has 0 aliphatic heterocycles. The van der Waals surface area contributed by atoms with Crippen molar-refractivity contribution in [2.24, 2.45) is 5.41 Å². The highest BCUT2D eigenvalue weighted by Gasteiger charge is 2.42. The molecule has 0 bridgehead atoms. The fourth-order valence-corrected chi connectivity index (χ4v) is 6.04. The molecule has 2 aromatic rings. The van der Waals surface area contributed by atoms with Crippen LogP contribution in [0.1, 0.15) is 60.5 Å². The molecule has 3 rings (SSSR count). The highest BCUT2D eigenvalue weighted by atomic mass is 32.1. The number of rotatable bonds is 4. The van der Waals surface area contributed by atoms with Crippen LogP contribution in [-0.2, 0) is 18.4 Å². The zero-order chi connectivity index (χ0) is 18.4. The molecule has 1 aliphatic rings. The van der Waals surface area contributed by atoms with Crippen LogP contribution in [0.15, 0.2) is 24.3 Å². The summed E-state index contributed by atoms with van der Waals surface area (Å²) in [6, 6.07) is 7.99. The number of carboxylic acids is 1. The smallest absolute Gasteiger partial charge is 0.337 e. The zero-order valence-corrected chi connectivity index (χ0v) is 16.9. The van der Waals surface area contributed by atoms with E-state index in [2.05, 4.69) is 45.2 Å². The first-order chi connectivity index (χ1) is 11.7. The predicted molar refractivity (Wildman–Crippen MR) is 108 cm³/mol. The molecule has 0 fully saturated rings. The van der Waals surface area contributed by atoms with E-state index < -0.39 is 5.97 Å². The van der Waals surface area contributed by atoms with Crippen LogP contribution in [0.3, 0.4) is 0 Å². The molecule has 1 aliphatic carbocycles. The summed E-state index contributed by atoms with van der Waals surface area (Å²) < 4.78 is 2.89. The first kappa shape index (κ1) is 18.5. The predicted octanol–water partition coefficient (Wildman–Crippen LogP) is 5.30. The maximum absolute atomic E-state index is 12.2. The molecule has 0 spiro atoms. The molecule has 0 unspecified atom stereocenters. The SMILES string of the molecule is CC1(C)Cc2c(sc(-c3ccccc3CNS)c2C(=O)O)C(C)(C)C1. The molecule has 1 heterocycles. The van der Waals surface area contributed by atoms with Crippen LogP contribution < -0.4 is 4.72 Å². The normalized spacial score (nSPS) is 18.0. The van der Waals surface area contributed by atoms with Crippen LogP contribution in [0, 0.1) is 5.41 Å². The fraction of sp³-hybridized carbons (Fsp3) is 0.450. The van der Waals surface area contributed by atoms with Gasteiger partial charge in [0.05, 0.1) is 5.56 Å². The third kappa shape index (κ3) is 3.37. The summed E-state index contributed by atoms with van der Waals surface area (Å²) in [5, 5.41) is 10.0. The molecule has 1 aromatic carbocycles. The number of benzene rings is 1. The van der Waals surface area contributed by atoms with Crippen LogP contribution in [0.2, 0.25) is 0 Å². The van der Waals surface area contributed by atoms with E-state index in [0.29, 0.717) is 12.1 Å².